The normalized spacial score (nSPS) is 16.1. The van der Waals surface area contributed by atoms with E-state index in [1.54, 1.807) is 24.5 Å². The first-order valence-corrected chi connectivity index (χ1v) is 7.80. The van der Waals surface area contributed by atoms with E-state index < -0.39 is 0 Å². The number of aromatic nitrogens is 2. The molecule has 1 atom stereocenters. The Balaban J connectivity index is 1.46. The highest BCUT2D eigenvalue weighted by molar-refractivity contribution is 6.30. The van der Waals surface area contributed by atoms with Crippen LogP contribution in [0.5, 0.6) is 5.75 Å². The van der Waals surface area contributed by atoms with Gasteiger partial charge in [-0.2, -0.15) is 0 Å². The standard InChI is InChI=1S/C16H17ClN4O2/c17-13-2-3-14-11(9-13)8-12(10-23-14)15(22)18-6-7-21-16-19-4-1-5-20-16/h1-5,9,12H,6-8,10H2,(H,18,22)(H,19,20,21)/t12-/m0/s1. The summed E-state index contributed by atoms with van der Waals surface area (Å²) < 4.78 is 5.63. The molecule has 7 heteroatoms. The van der Waals surface area contributed by atoms with Crippen LogP contribution in [0, 0.1) is 5.92 Å². The molecule has 1 aliphatic rings. The van der Waals surface area contributed by atoms with Crippen molar-refractivity contribution in [2.75, 3.05) is 25.0 Å². The average molecular weight is 333 g/mol. The predicted molar refractivity (Wildman–Crippen MR) is 87.7 cm³/mol. The van der Waals surface area contributed by atoms with Crippen LogP contribution in [0.2, 0.25) is 5.02 Å². The largest absolute Gasteiger partial charge is 0.492 e. The molecule has 120 valence electrons. The zero-order chi connectivity index (χ0) is 16.1. The molecular formula is C16H17ClN4O2. The molecule has 1 aromatic heterocycles. The van der Waals surface area contributed by atoms with E-state index in [1.807, 2.05) is 12.1 Å². The Morgan fingerprint density at radius 1 is 1.30 bits per heavy atom. The van der Waals surface area contributed by atoms with Crippen molar-refractivity contribution in [1.29, 1.82) is 0 Å². The van der Waals surface area contributed by atoms with Gasteiger partial charge < -0.3 is 15.4 Å². The molecule has 0 unspecified atom stereocenters. The maximum atomic E-state index is 12.2. The fourth-order valence-electron chi connectivity index (χ4n) is 2.43. The SMILES string of the molecule is O=C(NCCNc1ncccn1)[C@@H]1COc2ccc(Cl)cc2C1. The summed E-state index contributed by atoms with van der Waals surface area (Å²) in [6.45, 7) is 1.44. The first kappa shape index (κ1) is 15.6. The first-order valence-electron chi connectivity index (χ1n) is 7.42. The number of carbonyl (C=O) groups excluding carboxylic acids is 1. The molecule has 0 radical (unpaired) electrons. The molecule has 23 heavy (non-hydrogen) atoms. The van der Waals surface area contributed by atoms with Gasteiger partial charge in [0.25, 0.3) is 0 Å². The number of anilines is 1. The summed E-state index contributed by atoms with van der Waals surface area (Å²) >= 11 is 5.99. The van der Waals surface area contributed by atoms with Crippen molar-refractivity contribution >= 4 is 23.5 Å². The van der Waals surface area contributed by atoms with Gasteiger partial charge in [-0.25, -0.2) is 9.97 Å². The summed E-state index contributed by atoms with van der Waals surface area (Å²) in [5.41, 5.74) is 0.972. The van der Waals surface area contributed by atoms with Gasteiger partial charge in [0.15, 0.2) is 0 Å². The molecule has 2 aromatic rings. The molecule has 0 fully saturated rings. The van der Waals surface area contributed by atoms with Crippen molar-refractivity contribution in [3.8, 4) is 5.75 Å². The number of rotatable bonds is 5. The molecule has 0 bridgehead atoms. The molecule has 1 amide bonds. The number of fused-ring (bicyclic) bond motifs is 1. The van der Waals surface area contributed by atoms with Crippen molar-refractivity contribution in [3.63, 3.8) is 0 Å². The smallest absolute Gasteiger partial charge is 0.226 e. The van der Waals surface area contributed by atoms with E-state index in [4.69, 9.17) is 16.3 Å². The van der Waals surface area contributed by atoms with Crippen molar-refractivity contribution in [1.82, 2.24) is 15.3 Å². The van der Waals surface area contributed by atoms with Crippen LogP contribution in [0.4, 0.5) is 5.95 Å². The minimum absolute atomic E-state index is 0.0218. The monoisotopic (exact) mass is 332 g/mol. The molecule has 0 saturated heterocycles. The minimum Gasteiger partial charge on any atom is -0.492 e. The Morgan fingerprint density at radius 3 is 2.96 bits per heavy atom. The Morgan fingerprint density at radius 2 is 2.13 bits per heavy atom. The molecule has 0 spiro atoms. The predicted octanol–water partition coefficient (Wildman–Crippen LogP) is 1.91. The molecule has 2 heterocycles. The van der Waals surface area contributed by atoms with Crippen molar-refractivity contribution in [2.24, 2.45) is 5.92 Å². The third-order valence-corrected chi connectivity index (χ3v) is 3.81. The molecule has 2 N–H and O–H groups in total. The van der Waals surface area contributed by atoms with Gasteiger partial charge in [-0.1, -0.05) is 11.6 Å². The average Bonchev–Trinajstić information content (AvgIpc) is 2.58. The number of hydrogen-bond donors (Lipinski definition) is 2. The summed E-state index contributed by atoms with van der Waals surface area (Å²) in [6, 6.07) is 7.23. The number of nitrogens with one attached hydrogen (secondary N) is 2. The van der Waals surface area contributed by atoms with Crippen molar-refractivity contribution in [2.45, 2.75) is 6.42 Å². The number of nitrogens with zero attached hydrogens (tertiary/aromatic N) is 2. The number of amides is 1. The number of halogens is 1. The maximum Gasteiger partial charge on any atom is 0.226 e. The second-order valence-electron chi connectivity index (χ2n) is 5.25. The Kier molecular flexibility index (Phi) is 4.92. The summed E-state index contributed by atoms with van der Waals surface area (Å²) in [5, 5.41) is 6.59. The zero-order valence-corrected chi connectivity index (χ0v) is 13.2. The van der Waals surface area contributed by atoms with Crippen LogP contribution in [0.1, 0.15) is 5.56 Å². The van der Waals surface area contributed by atoms with E-state index in [2.05, 4.69) is 20.6 Å². The van der Waals surface area contributed by atoms with E-state index in [-0.39, 0.29) is 11.8 Å². The molecule has 0 aliphatic carbocycles. The van der Waals surface area contributed by atoms with Gasteiger partial charge in [-0.05, 0) is 36.2 Å². The lowest BCUT2D eigenvalue weighted by atomic mass is 9.96. The van der Waals surface area contributed by atoms with E-state index in [0.29, 0.717) is 37.1 Å². The lowest BCUT2D eigenvalue weighted by Gasteiger charge is -2.24. The van der Waals surface area contributed by atoms with Crippen LogP contribution >= 0.6 is 11.6 Å². The van der Waals surface area contributed by atoms with Crippen molar-refractivity contribution < 1.29 is 9.53 Å². The highest BCUT2D eigenvalue weighted by Crippen LogP contribution is 2.29. The van der Waals surface area contributed by atoms with Crippen LogP contribution in [-0.4, -0.2) is 35.6 Å². The number of carbonyl (C=O) groups is 1. The third kappa shape index (κ3) is 4.10. The fourth-order valence-corrected chi connectivity index (χ4v) is 2.62. The number of ether oxygens (including phenoxy) is 1. The topological polar surface area (TPSA) is 76.1 Å². The van der Waals surface area contributed by atoms with Gasteiger partial charge in [0.2, 0.25) is 11.9 Å². The highest BCUT2D eigenvalue weighted by Gasteiger charge is 2.25. The summed E-state index contributed by atoms with van der Waals surface area (Å²) in [7, 11) is 0. The molecule has 3 rings (SSSR count). The van der Waals surface area contributed by atoms with Crippen LogP contribution in [0.25, 0.3) is 0 Å². The molecular weight excluding hydrogens is 316 g/mol. The fraction of sp³-hybridized carbons (Fsp3) is 0.312. The maximum absolute atomic E-state index is 12.2. The van der Waals surface area contributed by atoms with Crippen LogP contribution in [-0.2, 0) is 11.2 Å². The van der Waals surface area contributed by atoms with Gasteiger partial charge in [0.05, 0.1) is 5.92 Å². The van der Waals surface area contributed by atoms with Gasteiger partial charge in [0.1, 0.15) is 12.4 Å². The lowest BCUT2D eigenvalue weighted by Crippen LogP contribution is -2.39. The van der Waals surface area contributed by atoms with E-state index in [0.717, 1.165) is 11.3 Å². The van der Waals surface area contributed by atoms with Gasteiger partial charge >= 0.3 is 0 Å². The van der Waals surface area contributed by atoms with Crippen LogP contribution in [0.15, 0.2) is 36.7 Å². The van der Waals surface area contributed by atoms with Gasteiger partial charge in [-0.15, -0.1) is 0 Å². The Hall–Kier alpha value is -2.34. The first-order chi connectivity index (χ1) is 11.2. The van der Waals surface area contributed by atoms with Crippen LogP contribution < -0.4 is 15.4 Å². The third-order valence-electron chi connectivity index (χ3n) is 3.57. The summed E-state index contributed by atoms with van der Waals surface area (Å²) in [5.74, 6) is 1.13. The second-order valence-corrected chi connectivity index (χ2v) is 5.69. The quantitative estimate of drug-likeness (QED) is 0.818. The number of benzene rings is 1. The van der Waals surface area contributed by atoms with Crippen LogP contribution in [0.3, 0.4) is 0 Å². The Labute approximate surface area is 139 Å². The lowest BCUT2D eigenvalue weighted by molar-refractivity contribution is -0.126. The molecule has 6 nitrogen and oxygen atoms in total. The zero-order valence-electron chi connectivity index (χ0n) is 12.5. The highest BCUT2D eigenvalue weighted by atomic mass is 35.5. The van der Waals surface area contributed by atoms with Gasteiger partial charge in [0, 0.05) is 30.5 Å². The molecule has 1 aromatic carbocycles. The van der Waals surface area contributed by atoms with E-state index in [9.17, 15) is 4.79 Å². The van der Waals surface area contributed by atoms with Crippen molar-refractivity contribution in [3.05, 3.63) is 47.2 Å². The van der Waals surface area contributed by atoms with Gasteiger partial charge in [-0.3, -0.25) is 4.79 Å². The molecule has 0 saturated carbocycles. The minimum atomic E-state index is -0.200. The van der Waals surface area contributed by atoms with E-state index in [1.165, 1.54) is 0 Å². The molecule has 1 aliphatic heterocycles. The Bertz CT molecular complexity index is 681. The summed E-state index contributed by atoms with van der Waals surface area (Å²) in [4.78, 5) is 20.3. The summed E-state index contributed by atoms with van der Waals surface area (Å²) in [6.07, 6.45) is 3.96. The van der Waals surface area contributed by atoms with E-state index >= 15 is 0 Å². The second kappa shape index (κ2) is 7.28. The number of hydrogen-bond acceptors (Lipinski definition) is 5.